The van der Waals surface area contributed by atoms with Gasteiger partial charge in [-0.3, -0.25) is 0 Å². The van der Waals surface area contributed by atoms with Crippen LogP contribution in [-0.2, 0) is 0 Å². The Morgan fingerprint density at radius 1 is 1.29 bits per heavy atom. The molecule has 1 rings (SSSR count). The van der Waals surface area contributed by atoms with Gasteiger partial charge in [0.15, 0.2) is 11.6 Å². The van der Waals surface area contributed by atoms with Gasteiger partial charge < -0.3 is 15.2 Å². The number of aliphatic hydroxyl groups excluding tert-OH is 1. The van der Waals surface area contributed by atoms with Crippen molar-refractivity contribution in [2.45, 2.75) is 51.6 Å². The molecule has 0 aromatic heterocycles. The van der Waals surface area contributed by atoms with Crippen molar-refractivity contribution >= 4 is 0 Å². The molecule has 1 aromatic rings. The molecule has 0 spiro atoms. The van der Waals surface area contributed by atoms with E-state index in [9.17, 15) is 13.9 Å². The quantitative estimate of drug-likeness (QED) is 0.688. The van der Waals surface area contributed by atoms with Gasteiger partial charge in [0, 0.05) is 17.6 Å². The predicted octanol–water partition coefficient (Wildman–Crippen LogP) is 3.26. The summed E-state index contributed by atoms with van der Waals surface area (Å²) in [6, 6.07) is 3.46. The van der Waals surface area contributed by atoms with Gasteiger partial charge in [-0.15, -0.1) is 0 Å². The van der Waals surface area contributed by atoms with Crippen LogP contribution in [0.1, 0.15) is 40.0 Å². The van der Waals surface area contributed by atoms with Crippen LogP contribution in [0.4, 0.5) is 8.78 Å². The molecule has 0 saturated carbocycles. The fraction of sp³-hybridized carbons (Fsp3) is 0.625. The number of unbranched alkanes of at least 4 members (excludes halogenated alkanes) is 1. The minimum Gasteiger partial charge on any atom is -0.490 e. The number of benzene rings is 1. The maximum absolute atomic E-state index is 13.3. The van der Waals surface area contributed by atoms with E-state index in [1.54, 1.807) is 0 Å². The predicted molar refractivity (Wildman–Crippen MR) is 79.5 cm³/mol. The Bertz CT molecular complexity index is 440. The van der Waals surface area contributed by atoms with E-state index in [1.165, 1.54) is 0 Å². The summed E-state index contributed by atoms with van der Waals surface area (Å²) >= 11 is 0. The summed E-state index contributed by atoms with van der Waals surface area (Å²) in [4.78, 5) is 0. The van der Waals surface area contributed by atoms with E-state index < -0.39 is 11.6 Å². The smallest absolute Gasteiger partial charge is 0.165 e. The zero-order valence-corrected chi connectivity index (χ0v) is 13.0. The Morgan fingerprint density at radius 2 is 2.00 bits per heavy atom. The maximum atomic E-state index is 13.3. The molecule has 0 saturated heterocycles. The minimum atomic E-state index is -0.557. The van der Waals surface area contributed by atoms with E-state index in [0.717, 1.165) is 31.0 Å². The average molecular weight is 301 g/mol. The molecule has 0 aliphatic carbocycles. The summed E-state index contributed by atoms with van der Waals surface area (Å²) < 4.78 is 31.5. The molecule has 120 valence electrons. The highest BCUT2D eigenvalue weighted by atomic mass is 19.1. The van der Waals surface area contributed by atoms with E-state index >= 15 is 0 Å². The van der Waals surface area contributed by atoms with Crippen LogP contribution < -0.4 is 10.1 Å². The summed E-state index contributed by atoms with van der Waals surface area (Å²) in [5.41, 5.74) is -0.321. The van der Waals surface area contributed by atoms with Gasteiger partial charge >= 0.3 is 0 Å². The summed E-state index contributed by atoms with van der Waals surface area (Å²) in [7, 11) is 0. The van der Waals surface area contributed by atoms with Crippen molar-refractivity contribution in [1.82, 2.24) is 5.32 Å². The molecule has 1 unspecified atom stereocenters. The maximum Gasteiger partial charge on any atom is 0.165 e. The van der Waals surface area contributed by atoms with Gasteiger partial charge in [0.2, 0.25) is 0 Å². The van der Waals surface area contributed by atoms with Crippen molar-refractivity contribution < 1.29 is 18.6 Å². The van der Waals surface area contributed by atoms with E-state index in [-0.39, 0.29) is 17.9 Å². The van der Waals surface area contributed by atoms with Crippen LogP contribution in [0.15, 0.2) is 18.2 Å². The molecular formula is C16H25F2NO2. The SMILES string of the molecule is CC(C)NC(C)(CO)CCCCOc1cc(F)ccc1F. The van der Waals surface area contributed by atoms with Gasteiger partial charge in [-0.05, 0) is 38.3 Å². The summed E-state index contributed by atoms with van der Waals surface area (Å²) in [5, 5.41) is 12.8. The molecule has 0 heterocycles. The standard InChI is InChI=1S/C16H25F2NO2/c1-12(2)19-16(3,11-20)8-4-5-9-21-15-10-13(17)6-7-14(15)18/h6-7,10,12,19-20H,4-5,8-9,11H2,1-3H3. The molecule has 0 bridgehead atoms. The van der Waals surface area contributed by atoms with Crippen molar-refractivity contribution in [1.29, 1.82) is 0 Å². The van der Waals surface area contributed by atoms with E-state index in [0.29, 0.717) is 19.1 Å². The number of ether oxygens (including phenoxy) is 1. The highest BCUT2D eigenvalue weighted by Gasteiger charge is 2.22. The zero-order chi connectivity index (χ0) is 15.9. The van der Waals surface area contributed by atoms with Gasteiger partial charge in [0.1, 0.15) is 5.82 Å². The highest BCUT2D eigenvalue weighted by Crippen LogP contribution is 2.19. The molecule has 0 fully saturated rings. The van der Waals surface area contributed by atoms with E-state index in [2.05, 4.69) is 5.32 Å². The van der Waals surface area contributed by atoms with Crippen molar-refractivity contribution in [2.24, 2.45) is 0 Å². The highest BCUT2D eigenvalue weighted by molar-refractivity contribution is 5.24. The van der Waals surface area contributed by atoms with Crippen LogP contribution in [0.5, 0.6) is 5.75 Å². The number of hydrogen-bond acceptors (Lipinski definition) is 3. The number of hydrogen-bond donors (Lipinski definition) is 2. The third-order valence-corrected chi connectivity index (χ3v) is 3.26. The third kappa shape index (κ3) is 6.40. The third-order valence-electron chi connectivity index (χ3n) is 3.26. The number of aliphatic hydroxyl groups is 1. The van der Waals surface area contributed by atoms with Crippen molar-refractivity contribution in [2.75, 3.05) is 13.2 Å². The second kappa shape index (κ2) is 8.29. The lowest BCUT2D eigenvalue weighted by atomic mass is 9.95. The van der Waals surface area contributed by atoms with Gasteiger partial charge in [-0.1, -0.05) is 13.8 Å². The number of nitrogens with one attached hydrogen (secondary N) is 1. The normalized spacial score (nSPS) is 14.2. The van der Waals surface area contributed by atoms with E-state index in [4.69, 9.17) is 4.74 Å². The molecule has 2 N–H and O–H groups in total. The van der Waals surface area contributed by atoms with Crippen molar-refractivity contribution in [3.8, 4) is 5.75 Å². The second-order valence-electron chi connectivity index (χ2n) is 5.90. The monoisotopic (exact) mass is 301 g/mol. The van der Waals surface area contributed by atoms with Crippen LogP contribution in [0, 0.1) is 11.6 Å². The largest absolute Gasteiger partial charge is 0.490 e. The molecule has 5 heteroatoms. The first kappa shape index (κ1) is 17.9. The Morgan fingerprint density at radius 3 is 2.62 bits per heavy atom. The zero-order valence-electron chi connectivity index (χ0n) is 13.0. The molecule has 0 amide bonds. The van der Waals surface area contributed by atoms with Crippen molar-refractivity contribution in [3.63, 3.8) is 0 Å². The average Bonchev–Trinajstić information content (AvgIpc) is 2.41. The Balaban J connectivity index is 2.32. The van der Waals surface area contributed by atoms with Gasteiger partial charge in [-0.25, -0.2) is 8.78 Å². The minimum absolute atomic E-state index is 0.0553. The van der Waals surface area contributed by atoms with Gasteiger partial charge in [0.05, 0.1) is 13.2 Å². The Kier molecular flexibility index (Phi) is 7.05. The molecular weight excluding hydrogens is 276 g/mol. The van der Waals surface area contributed by atoms with Crippen LogP contribution in [0.3, 0.4) is 0 Å². The molecule has 0 aliphatic rings. The topological polar surface area (TPSA) is 41.5 Å². The first-order chi connectivity index (χ1) is 9.86. The van der Waals surface area contributed by atoms with Crippen LogP contribution >= 0.6 is 0 Å². The molecule has 21 heavy (non-hydrogen) atoms. The van der Waals surface area contributed by atoms with Crippen LogP contribution in [-0.4, -0.2) is 29.9 Å². The lowest BCUT2D eigenvalue weighted by Crippen LogP contribution is -2.49. The summed E-state index contributed by atoms with van der Waals surface area (Å²) in [5.74, 6) is -1.13. The molecule has 3 nitrogen and oxygen atoms in total. The Labute approximate surface area is 125 Å². The second-order valence-corrected chi connectivity index (χ2v) is 5.90. The first-order valence-electron chi connectivity index (χ1n) is 7.33. The Hall–Kier alpha value is -1.20. The van der Waals surface area contributed by atoms with Crippen molar-refractivity contribution in [3.05, 3.63) is 29.8 Å². The number of halogens is 2. The van der Waals surface area contributed by atoms with Gasteiger partial charge in [0.25, 0.3) is 0 Å². The molecule has 1 aromatic carbocycles. The fourth-order valence-corrected chi connectivity index (χ4v) is 2.28. The number of rotatable bonds is 9. The van der Waals surface area contributed by atoms with Crippen LogP contribution in [0.25, 0.3) is 0 Å². The lowest BCUT2D eigenvalue weighted by Gasteiger charge is -2.31. The molecule has 1 atom stereocenters. The van der Waals surface area contributed by atoms with E-state index in [1.807, 2.05) is 20.8 Å². The molecule has 0 aliphatic heterocycles. The van der Waals surface area contributed by atoms with Crippen LogP contribution in [0.2, 0.25) is 0 Å². The fourth-order valence-electron chi connectivity index (χ4n) is 2.28. The summed E-state index contributed by atoms with van der Waals surface area (Å²) in [6.07, 6.45) is 2.33. The molecule has 0 radical (unpaired) electrons. The first-order valence-corrected chi connectivity index (χ1v) is 7.33. The van der Waals surface area contributed by atoms with Gasteiger partial charge in [-0.2, -0.15) is 0 Å². The lowest BCUT2D eigenvalue weighted by molar-refractivity contribution is 0.151. The summed E-state index contributed by atoms with van der Waals surface area (Å²) in [6.45, 7) is 6.42.